The molecule has 3 aromatic carbocycles. The lowest BCUT2D eigenvalue weighted by molar-refractivity contribution is -0.132. The highest BCUT2D eigenvalue weighted by molar-refractivity contribution is 8.00. The molecule has 1 aliphatic heterocycles. The maximum atomic E-state index is 13.7. The Morgan fingerprint density at radius 2 is 1.65 bits per heavy atom. The molecule has 3 aromatic rings. The van der Waals surface area contributed by atoms with Gasteiger partial charge in [-0.1, -0.05) is 48.5 Å². The summed E-state index contributed by atoms with van der Waals surface area (Å²) in [6.45, 7) is 2.03. The summed E-state index contributed by atoms with van der Waals surface area (Å²) in [4.78, 5) is 39.3. The van der Waals surface area contributed by atoms with Gasteiger partial charge in [0, 0.05) is 34.5 Å². The van der Waals surface area contributed by atoms with Crippen molar-refractivity contribution in [2.75, 3.05) is 16.8 Å². The van der Waals surface area contributed by atoms with E-state index in [2.05, 4.69) is 11.4 Å². The molecule has 1 heterocycles. The molecule has 0 radical (unpaired) electrons. The Bertz CT molecular complexity index is 1240. The monoisotopic (exact) mass is 472 g/mol. The molecule has 4 rings (SSSR count). The highest BCUT2D eigenvalue weighted by Gasteiger charge is 2.31. The molecule has 0 aliphatic carbocycles. The van der Waals surface area contributed by atoms with Crippen LogP contribution in [0.1, 0.15) is 23.3 Å². The molecule has 0 bridgehead atoms. The largest absolute Gasteiger partial charge is 0.478 e. The summed E-state index contributed by atoms with van der Waals surface area (Å²) in [5.74, 6) is -1.61. The van der Waals surface area contributed by atoms with Crippen LogP contribution in [0.3, 0.4) is 0 Å². The van der Waals surface area contributed by atoms with Crippen LogP contribution in [0.4, 0.5) is 11.4 Å². The van der Waals surface area contributed by atoms with Crippen molar-refractivity contribution in [2.24, 2.45) is 0 Å². The second-order valence-corrected chi connectivity index (χ2v) is 9.10. The number of nitrogens with one attached hydrogen (secondary N) is 1. The molecule has 2 N–H and O–H groups in total. The third kappa shape index (κ3) is 5.38. The van der Waals surface area contributed by atoms with Crippen LogP contribution < -0.4 is 10.2 Å². The Morgan fingerprint density at radius 1 is 0.971 bits per heavy atom. The van der Waals surface area contributed by atoms with Crippen LogP contribution in [0.15, 0.2) is 95.4 Å². The second kappa shape index (κ2) is 10.4. The Kier molecular flexibility index (Phi) is 7.13. The Hall–Kier alpha value is -3.84. The van der Waals surface area contributed by atoms with Gasteiger partial charge in [-0.15, -0.1) is 11.8 Å². The smallest absolute Gasteiger partial charge is 0.331 e. The van der Waals surface area contributed by atoms with E-state index in [0.29, 0.717) is 12.2 Å². The summed E-state index contributed by atoms with van der Waals surface area (Å²) in [7, 11) is 0. The molecule has 6 nitrogen and oxygen atoms in total. The maximum Gasteiger partial charge on any atom is 0.331 e. The lowest BCUT2D eigenvalue weighted by atomic mass is 10.1. The minimum Gasteiger partial charge on any atom is -0.478 e. The van der Waals surface area contributed by atoms with Crippen molar-refractivity contribution in [1.82, 2.24) is 0 Å². The van der Waals surface area contributed by atoms with Crippen molar-refractivity contribution in [3.63, 3.8) is 0 Å². The number of benzene rings is 3. The quantitative estimate of drug-likeness (QED) is 0.370. The van der Waals surface area contributed by atoms with Crippen LogP contribution in [0.2, 0.25) is 0 Å². The van der Waals surface area contributed by atoms with Crippen LogP contribution in [0.25, 0.3) is 0 Å². The number of carboxylic acid groups (broad SMARTS) is 1. The number of anilines is 2. The summed E-state index contributed by atoms with van der Waals surface area (Å²) in [5.41, 5.74) is 3.57. The average Bonchev–Trinajstić information content (AvgIpc) is 3.28. The second-order valence-electron chi connectivity index (χ2n) is 7.92. The molecule has 2 amide bonds. The third-order valence-corrected chi connectivity index (χ3v) is 6.79. The number of rotatable bonds is 7. The van der Waals surface area contributed by atoms with E-state index in [1.165, 1.54) is 24.2 Å². The van der Waals surface area contributed by atoms with Gasteiger partial charge in [-0.3, -0.25) is 9.59 Å². The van der Waals surface area contributed by atoms with Crippen LogP contribution in [0.5, 0.6) is 0 Å². The number of para-hydroxylation sites is 1. The van der Waals surface area contributed by atoms with Gasteiger partial charge in [0.25, 0.3) is 0 Å². The number of carbonyl (C=O) groups excluding carboxylic acids is 2. The number of amides is 2. The summed E-state index contributed by atoms with van der Waals surface area (Å²) < 4.78 is 0. The van der Waals surface area contributed by atoms with E-state index in [1.807, 2.05) is 65.6 Å². The number of aliphatic carboxylic acids is 1. The fraction of sp³-hybridized carbons (Fsp3) is 0.148. The molecular formula is C27H24N2O4S. The number of hydrogen-bond donors (Lipinski definition) is 2. The molecular weight excluding hydrogens is 448 g/mol. The minimum absolute atomic E-state index is 0.0350. The first-order chi connectivity index (χ1) is 16.4. The number of nitrogens with zero attached hydrogens (tertiary/aromatic N) is 1. The molecule has 7 heteroatoms. The van der Waals surface area contributed by atoms with E-state index in [1.54, 1.807) is 12.1 Å². The highest BCUT2D eigenvalue weighted by Crippen LogP contribution is 2.40. The van der Waals surface area contributed by atoms with Gasteiger partial charge >= 0.3 is 5.97 Å². The van der Waals surface area contributed by atoms with Crippen molar-refractivity contribution in [1.29, 1.82) is 0 Å². The first-order valence-corrected chi connectivity index (χ1v) is 11.7. The first-order valence-electron chi connectivity index (χ1n) is 10.9. The average molecular weight is 473 g/mol. The van der Waals surface area contributed by atoms with Gasteiger partial charge in [0.05, 0.1) is 0 Å². The van der Waals surface area contributed by atoms with E-state index in [4.69, 9.17) is 5.11 Å². The molecule has 0 spiro atoms. The van der Waals surface area contributed by atoms with Crippen molar-refractivity contribution in [3.05, 3.63) is 102 Å². The first kappa shape index (κ1) is 23.3. The number of carboxylic acids is 1. The van der Waals surface area contributed by atoms with Crippen molar-refractivity contribution in [3.8, 4) is 0 Å². The predicted octanol–water partition coefficient (Wildman–Crippen LogP) is 5.08. The van der Waals surface area contributed by atoms with E-state index >= 15 is 0 Å². The maximum absolute atomic E-state index is 13.7. The topological polar surface area (TPSA) is 86.7 Å². The van der Waals surface area contributed by atoms with Gasteiger partial charge in [0.1, 0.15) is 5.25 Å². The molecule has 172 valence electrons. The van der Waals surface area contributed by atoms with Gasteiger partial charge in [-0.2, -0.15) is 0 Å². The van der Waals surface area contributed by atoms with Crippen molar-refractivity contribution < 1.29 is 19.5 Å². The van der Waals surface area contributed by atoms with Gasteiger partial charge in [-0.05, 0) is 54.8 Å². The number of hydrogen-bond acceptors (Lipinski definition) is 4. The molecule has 0 aromatic heterocycles. The Morgan fingerprint density at radius 3 is 2.35 bits per heavy atom. The molecule has 0 unspecified atom stereocenters. The van der Waals surface area contributed by atoms with E-state index in [-0.39, 0.29) is 11.5 Å². The standard InChI is InChI=1S/C27H24N2O4S/c1-18(27(32)33)17-24(30)28-21-11-13-22(14-12-21)34-25(20-8-3-2-4-9-20)26(31)29-16-15-19-7-5-6-10-23(19)29/h2-14,17,25H,15-16H2,1H3,(H,28,30)(H,32,33)/b18-17-/t25-/m1/s1. The summed E-state index contributed by atoms with van der Waals surface area (Å²) in [6.07, 6.45) is 1.89. The van der Waals surface area contributed by atoms with Gasteiger partial charge in [-0.25, -0.2) is 4.79 Å². The van der Waals surface area contributed by atoms with Crippen molar-refractivity contribution in [2.45, 2.75) is 23.5 Å². The zero-order valence-corrected chi connectivity index (χ0v) is 19.4. The van der Waals surface area contributed by atoms with Crippen molar-refractivity contribution >= 4 is 40.9 Å². The molecule has 0 saturated carbocycles. The summed E-state index contributed by atoms with van der Waals surface area (Å²) >= 11 is 1.46. The fourth-order valence-electron chi connectivity index (χ4n) is 3.79. The minimum atomic E-state index is -1.14. The fourth-order valence-corrected chi connectivity index (χ4v) is 4.87. The third-order valence-electron chi connectivity index (χ3n) is 5.54. The molecule has 0 saturated heterocycles. The van der Waals surface area contributed by atoms with E-state index in [0.717, 1.165) is 28.6 Å². The van der Waals surface area contributed by atoms with Crippen LogP contribution in [-0.4, -0.2) is 29.4 Å². The molecule has 1 atom stereocenters. The zero-order valence-electron chi connectivity index (χ0n) is 18.6. The molecule has 0 fully saturated rings. The van der Waals surface area contributed by atoms with Crippen LogP contribution in [0, 0.1) is 0 Å². The summed E-state index contributed by atoms with van der Waals surface area (Å²) in [6, 6.07) is 24.9. The Balaban J connectivity index is 1.53. The van der Waals surface area contributed by atoms with Gasteiger partial charge < -0.3 is 15.3 Å². The number of carbonyl (C=O) groups is 3. The zero-order chi connectivity index (χ0) is 24.1. The lowest BCUT2D eigenvalue weighted by Gasteiger charge is -2.24. The van der Waals surface area contributed by atoms with Crippen LogP contribution in [-0.2, 0) is 20.8 Å². The SMILES string of the molecule is C/C(=C/C(=O)Nc1ccc(S[C@@H](C(=O)N2CCc3ccccc32)c2ccccc2)cc1)C(=O)O. The number of fused-ring (bicyclic) bond motifs is 1. The predicted molar refractivity (Wildman–Crippen MR) is 134 cm³/mol. The van der Waals surface area contributed by atoms with E-state index in [9.17, 15) is 14.4 Å². The lowest BCUT2D eigenvalue weighted by Crippen LogP contribution is -2.32. The summed E-state index contributed by atoms with van der Waals surface area (Å²) in [5, 5.41) is 11.1. The molecule has 34 heavy (non-hydrogen) atoms. The van der Waals surface area contributed by atoms with Crippen LogP contribution >= 0.6 is 11.8 Å². The Labute approximate surface area is 202 Å². The molecule has 1 aliphatic rings. The normalized spacial score (nSPS) is 13.8. The van der Waals surface area contributed by atoms with Gasteiger partial charge in [0.15, 0.2) is 0 Å². The van der Waals surface area contributed by atoms with E-state index < -0.39 is 17.1 Å². The van der Waals surface area contributed by atoms with Gasteiger partial charge in [0.2, 0.25) is 11.8 Å². The number of thioether (sulfide) groups is 1. The highest BCUT2D eigenvalue weighted by atomic mass is 32.2.